The molecule has 6 heteroatoms. The van der Waals surface area contributed by atoms with Gasteiger partial charge in [0.05, 0.1) is 0 Å². The van der Waals surface area contributed by atoms with Gasteiger partial charge in [0.25, 0.3) is 0 Å². The Bertz CT molecular complexity index is 127. The summed E-state index contributed by atoms with van der Waals surface area (Å²) in [5.41, 5.74) is 0. The number of rotatable bonds is 9. The molecule has 0 heterocycles. The molecular formula is C8H19ClO3SSi. The third kappa shape index (κ3) is 5.58. The van der Waals surface area contributed by atoms with Gasteiger partial charge in [0.1, 0.15) is 0 Å². The molecule has 0 N–H and O–H groups in total. The van der Waals surface area contributed by atoms with Crippen LogP contribution in [0.4, 0.5) is 0 Å². The molecule has 3 nitrogen and oxygen atoms in total. The maximum absolute atomic E-state index is 5.57. The predicted molar refractivity (Wildman–Crippen MR) is 64.3 cm³/mol. The molecule has 0 radical (unpaired) electrons. The van der Waals surface area contributed by atoms with Crippen LogP contribution in [0.1, 0.15) is 6.42 Å². The quantitative estimate of drug-likeness (QED) is 0.360. The molecule has 0 aromatic heterocycles. The van der Waals surface area contributed by atoms with Gasteiger partial charge in [-0.2, -0.15) is 11.8 Å². The Labute approximate surface area is 96.8 Å². The van der Waals surface area contributed by atoms with E-state index in [-0.39, 0.29) is 0 Å². The van der Waals surface area contributed by atoms with Gasteiger partial charge in [-0.3, -0.25) is 0 Å². The Kier molecular flexibility index (Phi) is 9.47. The van der Waals surface area contributed by atoms with Crippen LogP contribution < -0.4 is 0 Å². The van der Waals surface area contributed by atoms with Crippen molar-refractivity contribution < 1.29 is 13.3 Å². The second kappa shape index (κ2) is 9.00. The van der Waals surface area contributed by atoms with Gasteiger partial charge in [0.15, 0.2) is 0 Å². The minimum atomic E-state index is -2.32. The molecule has 0 rings (SSSR count). The van der Waals surface area contributed by atoms with Crippen LogP contribution in [0.3, 0.4) is 0 Å². The third-order valence-electron chi connectivity index (χ3n) is 1.93. The lowest BCUT2D eigenvalue weighted by molar-refractivity contribution is 0.123. The van der Waals surface area contributed by atoms with E-state index in [1.54, 1.807) is 21.3 Å². The standard InChI is InChI=1S/C8H19ClO3SSi/c1-10-14(11-2,12-3)8-4-6-13-7-5-9/h4-8H2,1-3H3. The number of hydrogen-bond donors (Lipinski definition) is 0. The van der Waals surface area contributed by atoms with E-state index in [9.17, 15) is 0 Å². The fourth-order valence-corrected chi connectivity index (χ4v) is 4.07. The summed E-state index contributed by atoms with van der Waals surface area (Å²) in [4.78, 5) is 0. The van der Waals surface area contributed by atoms with Crippen LogP contribution in [0, 0.1) is 0 Å². The highest BCUT2D eigenvalue weighted by Crippen LogP contribution is 2.17. The normalized spacial score (nSPS) is 12.0. The highest BCUT2D eigenvalue weighted by molar-refractivity contribution is 7.99. The highest BCUT2D eigenvalue weighted by Gasteiger charge is 2.36. The van der Waals surface area contributed by atoms with E-state index in [1.165, 1.54) is 0 Å². The van der Waals surface area contributed by atoms with Gasteiger partial charge in [0.2, 0.25) is 0 Å². The lowest BCUT2D eigenvalue weighted by atomic mass is 10.6. The lowest BCUT2D eigenvalue weighted by Crippen LogP contribution is -2.42. The molecule has 0 aromatic rings. The van der Waals surface area contributed by atoms with Crippen molar-refractivity contribution in [3.05, 3.63) is 0 Å². The first kappa shape index (κ1) is 14.7. The van der Waals surface area contributed by atoms with Gasteiger partial charge in [-0.25, -0.2) is 0 Å². The highest BCUT2D eigenvalue weighted by atomic mass is 35.5. The minimum Gasteiger partial charge on any atom is -0.377 e. The predicted octanol–water partition coefficient (Wildman–Crippen LogP) is 2.23. The molecule has 0 saturated carbocycles. The van der Waals surface area contributed by atoms with Crippen molar-refractivity contribution in [2.75, 3.05) is 38.7 Å². The molecule has 0 saturated heterocycles. The van der Waals surface area contributed by atoms with Gasteiger partial charge >= 0.3 is 8.80 Å². The first-order chi connectivity index (χ1) is 6.74. The molecule has 0 amide bonds. The minimum absolute atomic E-state index is 0.714. The maximum Gasteiger partial charge on any atom is 0.500 e. The molecule has 0 spiro atoms. The number of hydrogen-bond acceptors (Lipinski definition) is 4. The van der Waals surface area contributed by atoms with Crippen molar-refractivity contribution >= 4 is 32.2 Å². The summed E-state index contributed by atoms with van der Waals surface area (Å²) in [5, 5.41) is 0. The largest absolute Gasteiger partial charge is 0.500 e. The molecule has 86 valence electrons. The van der Waals surface area contributed by atoms with Crippen molar-refractivity contribution in [1.29, 1.82) is 0 Å². The number of thioether (sulfide) groups is 1. The summed E-state index contributed by atoms with van der Waals surface area (Å²) in [6.07, 6.45) is 1.04. The van der Waals surface area contributed by atoms with Crippen LogP contribution in [-0.4, -0.2) is 47.5 Å². The van der Waals surface area contributed by atoms with Gasteiger partial charge in [-0.15, -0.1) is 11.6 Å². The van der Waals surface area contributed by atoms with E-state index in [2.05, 4.69) is 0 Å². The molecule has 0 aliphatic carbocycles. The number of halogens is 1. The summed E-state index contributed by atoms with van der Waals surface area (Å²) in [6, 6.07) is 0.867. The van der Waals surface area contributed by atoms with Crippen LogP contribution >= 0.6 is 23.4 Å². The molecule has 0 aliphatic heterocycles. The van der Waals surface area contributed by atoms with Gasteiger partial charge in [-0.05, 0) is 12.2 Å². The average Bonchev–Trinajstić information content (AvgIpc) is 2.24. The Morgan fingerprint density at radius 3 is 2.07 bits per heavy atom. The van der Waals surface area contributed by atoms with E-state index < -0.39 is 8.80 Å². The van der Waals surface area contributed by atoms with Crippen molar-refractivity contribution in [1.82, 2.24) is 0 Å². The zero-order chi connectivity index (χ0) is 10.9. The van der Waals surface area contributed by atoms with E-state index >= 15 is 0 Å². The van der Waals surface area contributed by atoms with Gasteiger partial charge in [0, 0.05) is 39.0 Å². The Morgan fingerprint density at radius 2 is 1.64 bits per heavy atom. The summed E-state index contributed by atoms with van der Waals surface area (Å²) in [5.74, 6) is 2.80. The Balaban J connectivity index is 3.61. The SMILES string of the molecule is CO[Si](CCCSCCCl)(OC)OC. The molecular weight excluding hydrogens is 240 g/mol. The van der Waals surface area contributed by atoms with Crippen LogP contribution in [0.15, 0.2) is 0 Å². The van der Waals surface area contributed by atoms with E-state index in [4.69, 9.17) is 24.9 Å². The topological polar surface area (TPSA) is 27.7 Å². The van der Waals surface area contributed by atoms with Gasteiger partial charge in [-0.1, -0.05) is 0 Å². The van der Waals surface area contributed by atoms with Crippen molar-refractivity contribution in [2.45, 2.75) is 12.5 Å². The maximum atomic E-state index is 5.57. The second-order valence-corrected chi connectivity index (χ2v) is 7.39. The van der Waals surface area contributed by atoms with Crippen LogP contribution in [0.2, 0.25) is 6.04 Å². The zero-order valence-electron chi connectivity index (χ0n) is 9.05. The van der Waals surface area contributed by atoms with Crippen molar-refractivity contribution in [3.8, 4) is 0 Å². The third-order valence-corrected chi connectivity index (χ3v) is 6.24. The lowest BCUT2D eigenvalue weighted by Gasteiger charge is -2.24. The van der Waals surface area contributed by atoms with Crippen LogP contribution in [0.25, 0.3) is 0 Å². The van der Waals surface area contributed by atoms with E-state index in [0.29, 0.717) is 5.88 Å². The Morgan fingerprint density at radius 1 is 1.07 bits per heavy atom. The summed E-state index contributed by atoms with van der Waals surface area (Å²) >= 11 is 7.41. The molecule has 0 bridgehead atoms. The van der Waals surface area contributed by atoms with Crippen molar-refractivity contribution in [2.24, 2.45) is 0 Å². The smallest absolute Gasteiger partial charge is 0.377 e. The van der Waals surface area contributed by atoms with E-state index in [0.717, 1.165) is 24.0 Å². The summed E-state index contributed by atoms with van der Waals surface area (Å²) < 4.78 is 15.9. The van der Waals surface area contributed by atoms with Gasteiger partial charge < -0.3 is 13.3 Å². The van der Waals surface area contributed by atoms with Crippen LogP contribution in [0.5, 0.6) is 0 Å². The average molecular weight is 259 g/mol. The summed E-state index contributed by atoms with van der Waals surface area (Å²) in [7, 11) is 2.61. The van der Waals surface area contributed by atoms with E-state index in [1.807, 2.05) is 11.8 Å². The van der Waals surface area contributed by atoms with Crippen molar-refractivity contribution in [3.63, 3.8) is 0 Å². The van der Waals surface area contributed by atoms with Crippen LogP contribution in [-0.2, 0) is 13.3 Å². The first-order valence-electron chi connectivity index (χ1n) is 4.54. The second-order valence-electron chi connectivity index (χ2n) is 2.70. The fraction of sp³-hybridized carbons (Fsp3) is 1.00. The monoisotopic (exact) mass is 258 g/mol. The molecule has 0 fully saturated rings. The molecule has 0 atom stereocenters. The zero-order valence-corrected chi connectivity index (χ0v) is 11.6. The molecule has 0 aliphatic rings. The molecule has 0 aromatic carbocycles. The Hall–Kier alpha value is 0.737. The molecule has 14 heavy (non-hydrogen) atoms. The first-order valence-corrected chi connectivity index (χ1v) is 8.16. The number of alkyl halides is 1. The molecule has 0 unspecified atom stereocenters. The summed E-state index contributed by atoms with van der Waals surface area (Å²) in [6.45, 7) is 0. The fourth-order valence-electron chi connectivity index (χ4n) is 1.10.